The summed E-state index contributed by atoms with van der Waals surface area (Å²) in [5, 5.41) is 20.0. The molecule has 0 radical (unpaired) electrons. The summed E-state index contributed by atoms with van der Waals surface area (Å²) in [6.45, 7) is 1.49. The van der Waals surface area contributed by atoms with Gasteiger partial charge in [0, 0.05) is 10.6 Å². The Kier molecular flexibility index (Phi) is 7.39. The minimum atomic E-state index is -0.603. The van der Waals surface area contributed by atoms with E-state index in [2.05, 4.69) is 16.1 Å². The van der Waals surface area contributed by atoms with Gasteiger partial charge in [-0.2, -0.15) is 0 Å². The van der Waals surface area contributed by atoms with Gasteiger partial charge in [0.2, 0.25) is 6.54 Å². The molecule has 0 bridgehead atoms. The maximum absolute atomic E-state index is 11.4. The second-order valence-electron chi connectivity index (χ2n) is 6.35. The fraction of sp³-hybridized carbons (Fsp3) is 0.238. The molecule has 0 spiro atoms. The van der Waals surface area contributed by atoms with E-state index in [1.807, 2.05) is 41.8 Å². The van der Waals surface area contributed by atoms with E-state index in [4.69, 9.17) is 27.5 Å². The van der Waals surface area contributed by atoms with Gasteiger partial charge in [-0.05, 0) is 36.8 Å². The molecule has 10 heteroatoms. The van der Waals surface area contributed by atoms with Crippen LogP contribution in [-0.4, -0.2) is 39.9 Å². The Hall–Kier alpha value is -3.22. The molecule has 0 aliphatic heterocycles. The van der Waals surface area contributed by atoms with Crippen LogP contribution in [-0.2, 0) is 0 Å². The summed E-state index contributed by atoms with van der Waals surface area (Å²) < 4.78 is 12.7. The monoisotopic (exact) mass is 458 g/mol. The maximum atomic E-state index is 11.4. The molecule has 1 aromatic heterocycles. The zero-order chi connectivity index (χ0) is 22.4. The van der Waals surface area contributed by atoms with E-state index in [-0.39, 0.29) is 23.1 Å². The van der Waals surface area contributed by atoms with Crippen LogP contribution >= 0.6 is 23.4 Å². The number of rotatable bonds is 9. The molecule has 0 fully saturated rings. The van der Waals surface area contributed by atoms with E-state index in [0.29, 0.717) is 28.0 Å². The van der Waals surface area contributed by atoms with Gasteiger partial charge < -0.3 is 9.47 Å². The van der Waals surface area contributed by atoms with Crippen LogP contribution in [0.15, 0.2) is 47.6 Å². The van der Waals surface area contributed by atoms with Gasteiger partial charge in [-0.1, -0.05) is 47.5 Å². The van der Waals surface area contributed by atoms with Crippen LogP contribution in [0.5, 0.6) is 11.5 Å². The third-order valence-corrected chi connectivity index (χ3v) is 5.76. The van der Waals surface area contributed by atoms with Crippen molar-refractivity contribution in [3.63, 3.8) is 0 Å². The quantitative estimate of drug-likeness (QED) is 0.203. The van der Waals surface area contributed by atoms with E-state index >= 15 is 0 Å². The minimum Gasteiger partial charge on any atom is -0.493 e. The molecule has 3 rings (SSSR count). The molecule has 0 aliphatic carbocycles. The van der Waals surface area contributed by atoms with E-state index in [1.165, 1.54) is 18.9 Å². The van der Waals surface area contributed by atoms with Crippen LogP contribution in [0.2, 0.25) is 5.02 Å². The van der Waals surface area contributed by atoms with E-state index in [1.54, 1.807) is 12.1 Å². The minimum absolute atomic E-state index is 0.0158. The molecule has 0 saturated carbocycles. The number of terminal acetylenes is 1. The molecule has 3 aromatic rings. The van der Waals surface area contributed by atoms with Crippen molar-refractivity contribution in [3.8, 4) is 29.5 Å². The Morgan fingerprint density at radius 2 is 2.06 bits per heavy atom. The molecule has 0 saturated heterocycles. The van der Waals surface area contributed by atoms with Crippen molar-refractivity contribution < 1.29 is 14.4 Å². The molecule has 0 aliphatic rings. The van der Waals surface area contributed by atoms with Crippen LogP contribution in [0.3, 0.4) is 0 Å². The summed E-state index contributed by atoms with van der Waals surface area (Å²) >= 11 is 7.60. The first kappa shape index (κ1) is 22.5. The lowest BCUT2D eigenvalue weighted by molar-refractivity contribution is -0.479. The van der Waals surface area contributed by atoms with Crippen LogP contribution in [0.25, 0.3) is 5.69 Å². The molecule has 160 valence electrons. The molecule has 1 heterocycles. The fourth-order valence-electron chi connectivity index (χ4n) is 2.95. The van der Waals surface area contributed by atoms with E-state index < -0.39 is 5.25 Å². The second kappa shape index (κ2) is 10.2. The van der Waals surface area contributed by atoms with Gasteiger partial charge in [0.05, 0.1) is 12.1 Å². The van der Waals surface area contributed by atoms with Crippen molar-refractivity contribution in [1.82, 2.24) is 14.8 Å². The number of para-hydroxylation sites is 1. The Balaban J connectivity index is 2.01. The lowest BCUT2D eigenvalue weighted by atomic mass is 10.1. The van der Waals surface area contributed by atoms with Crippen LogP contribution in [0.1, 0.15) is 16.6 Å². The maximum Gasteiger partial charge on any atom is 0.220 e. The van der Waals surface area contributed by atoms with Gasteiger partial charge in [0.15, 0.2) is 16.7 Å². The summed E-state index contributed by atoms with van der Waals surface area (Å²) in [6.07, 6.45) is 5.25. The number of ether oxygens (including phenoxy) is 2. The van der Waals surface area contributed by atoms with Gasteiger partial charge in [-0.3, -0.25) is 14.7 Å². The van der Waals surface area contributed by atoms with Crippen molar-refractivity contribution in [2.24, 2.45) is 0 Å². The first-order chi connectivity index (χ1) is 14.9. The van der Waals surface area contributed by atoms with Gasteiger partial charge in [0.1, 0.15) is 17.7 Å². The van der Waals surface area contributed by atoms with Gasteiger partial charge >= 0.3 is 0 Å². The zero-order valence-corrected chi connectivity index (χ0v) is 18.4. The molecule has 31 heavy (non-hydrogen) atoms. The number of hydrogen-bond donors (Lipinski definition) is 0. The SMILES string of the molecule is C#CCOc1c(Cl)cc([C@H](C[N+](=O)[O-])Sc2nnc(C)n2-c2ccccc2)cc1OC. The number of aromatic nitrogens is 3. The molecular formula is C21H19ClN4O4S. The highest BCUT2D eigenvalue weighted by Gasteiger charge is 2.26. The van der Waals surface area contributed by atoms with Crippen molar-refractivity contribution in [2.45, 2.75) is 17.3 Å². The van der Waals surface area contributed by atoms with Crippen molar-refractivity contribution >= 4 is 23.4 Å². The van der Waals surface area contributed by atoms with Gasteiger partial charge in [-0.25, -0.2) is 0 Å². The lowest BCUT2D eigenvalue weighted by Crippen LogP contribution is -2.12. The van der Waals surface area contributed by atoms with E-state index in [9.17, 15) is 10.1 Å². The summed E-state index contributed by atoms with van der Waals surface area (Å²) in [4.78, 5) is 11.0. The fourth-order valence-corrected chi connectivity index (χ4v) is 4.37. The Bertz CT molecular complexity index is 1110. The largest absolute Gasteiger partial charge is 0.493 e. The third-order valence-electron chi connectivity index (χ3n) is 4.30. The molecule has 2 aromatic carbocycles. The standard InChI is InChI=1S/C21H19ClN4O4S/c1-4-10-30-20-17(22)11-15(12-18(20)29-3)19(13-25(27)28)31-21-24-23-14(2)26(21)16-8-6-5-7-9-16/h1,5-9,11-12,19H,10,13H2,2-3H3/t19-/m0/s1. The molecule has 0 amide bonds. The molecular weight excluding hydrogens is 440 g/mol. The molecule has 8 nitrogen and oxygen atoms in total. The van der Waals surface area contributed by atoms with Crippen LogP contribution < -0.4 is 9.47 Å². The van der Waals surface area contributed by atoms with Gasteiger partial charge in [-0.15, -0.1) is 16.6 Å². The number of benzene rings is 2. The summed E-state index contributed by atoms with van der Waals surface area (Å²) in [5.41, 5.74) is 1.46. The van der Waals surface area contributed by atoms with Crippen LogP contribution in [0, 0.1) is 29.4 Å². The number of thioether (sulfide) groups is 1. The first-order valence-electron chi connectivity index (χ1n) is 9.14. The lowest BCUT2D eigenvalue weighted by Gasteiger charge is -2.17. The van der Waals surface area contributed by atoms with E-state index in [0.717, 1.165) is 5.69 Å². The van der Waals surface area contributed by atoms with Crippen molar-refractivity contribution in [3.05, 3.63) is 69.0 Å². The summed E-state index contributed by atoms with van der Waals surface area (Å²) in [6, 6.07) is 12.8. The third kappa shape index (κ3) is 5.29. The summed E-state index contributed by atoms with van der Waals surface area (Å²) in [7, 11) is 1.46. The predicted molar refractivity (Wildman–Crippen MR) is 119 cm³/mol. The number of methoxy groups -OCH3 is 1. The molecule has 1 atom stereocenters. The second-order valence-corrected chi connectivity index (χ2v) is 7.93. The normalized spacial score (nSPS) is 11.5. The van der Waals surface area contributed by atoms with Crippen molar-refractivity contribution in [2.75, 3.05) is 20.3 Å². The highest BCUT2D eigenvalue weighted by Crippen LogP contribution is 2.43. The Labute approximate surface area is 188 Å². The Morgan fingerprint density at radius 3 is 2.71 bits per heavy atom. The predicted octanol–water partition coefficient (Wildman–Crippen LogP) is 4.36. The molecule has 0 unspecified atom stereocenters. The smallest absolute Gasteiger partial charge is 0.220 e. The zero-order valence-electron chi connectivity index (χ0n) is 16.8. The van der Waals surface area contributed by atoms with Crippen molar-refractivity contribution in [1.29, 1.82) is 0 Å². The Morgan fingerprint density at radius 1 is 1.32 bits per heavy atom. The highest BCUT2D eigenvalue weighted by atomic mass is 35.5. The number of halogens is 1. The number of nitro groups is 1. The topological polar surface area (TPSA) is 92.3 Å². The number of hydrogen-bond acceptors (Lipinski definition) is 7. The van der Waals surface area contributed by atoms with Gasteiger partial charge in [0.25, 0.3) is 0 Å². The number of aryl methyl sites for hydroxylation is 1. The number of nitrogens with zero attached hydrogens (tertiary/aromatic N) is 4. The summed E-state index contributed by atoms with van der Waals surface area (Å²) in [5.74, 6) is 3.67. The first-order valence-corrected chi connectivity index (χ1v) is 10.4. The van der Waals surface area contributed by atoms with Crippen LogP contribution in [0.4, 0.5) is 0 Å². The highest BCUT2D eigenvalue weighted by molar-refractivity contribution is 7.99. The molecule has 0 N–H and O–H groups in total. The average molecular weight is 459 g/mol. The average Bonchev–Trinajstić information content (AvgIpc) is 3.12.